The Kier molecular flexibility index (Phi) is 54.8. The number of nitrogens with two attached hydrogens (primary N) is 1. The molecule has 3 N–H and O–H groups in total. The predicted octanol–water partition coefficient (Wildman–Crippen LogP) is 18.5. The molecule has 0 bridgehead atoms. The van der Waals surface area contributed by atoms with Crippen LogP contribution in [0.1, 0.15) is 251 Å². The SMILES string of the molecule is CC/C=C\C/C=C\C/C=C\C/C=C\C/C=C\C/C=C\CCCCCCCCCCCCCCCCCCCCC(=O)OC(COC(=O)CCCCCCC/C=C\C/C=C\CCCC)COP(=O)(O)OCCN. The van der Waals surface area contributed by atoms with Crippen molar-refractivity contribution in [3.8, 4) is 0 Å². The minimum atomic E-state index is -4.39. The van der Waals surface area contributed by atoms with Gasteiger partial charge in [-0.25, -0.2) is 4.57 Å². The van der Waals surface area contributed by atoms with Gasteiger partial charge in [0.2, 0.25) is 0 Å². The Bertz CT molecular complexity index is 1500. The maximum Gasteiger partial charge on any atom is 0.472 e. The van der Waals surface area contributed by atoms with Crippen molar-refractivity contribution < 1.29 is 37.6 Å². The Labute approximate surface area is 442 Å². The lowest BCUT2D eigenvalue weighted by Gasteiger charge is -2.19. The zero-order valence-electron chi connectivity index (χ0n) is 46.1. The normalized spacial score (nSPS) is 13.8. The molecule has 0 fully saturated rings. The molecule has 0 amide bonds. The summed E-state index contributed by atoms with van der Waals surface area (Å²) >= 11 is 0. The van der Waals surface area contributed by atoms with Gasteiger partial charge in [0.1, 0.15) is 6.61 Å². The highest BCUT2D eigenvalue weighted by Gasteiger charge is 2.26. The van der Waals surface area contributed by atoms with Crippen LogP contribution in [0, 0.1) is 0 Å². The summed E-state index contributed by atoms with van der Waals surface area (Å²) in [4.78, 5) is 35.1. The van der Waals surface area contributed by atoms with Gasteiger partial charge in [-0.2, -0.15) is 0 Å². The van der Waals surface area contributed by atoms with Crippen LogP contribution in [0.2, 0.25) is 0 Å². The summed E-state index contributed by atoms with van der Waals surface area (Å²) < 4.78 is 33.0. The molecule has 9 nitrogen and oxygen atoms in total. The van der Waals surface area contributed by atoms with E-state index >= 15 is 0 Å². The molecule has 0 rings (SSSR count). The van der Waals surface area contributed by atoms with Crippen molar-refractivity contribution in [1.29, 1.82) is 0 Å². The number of carbonyl (C=O) groups excluding carboxylic acids is 2. The number of phosphoric ester groups is 1. The van der Waals surface area contributed by atoms with Gasteiger partial charge in [-0.15, -0.1) is 0 Å². The number of rotatable bonds is 54. The zero-order valence-corrected chi connectivity index (χ0v) is 47.0. The van der Waals surface area contributed by atoms with Gasteiger partial charge in [0.25, 0.3) is 0 Å². The molecule has 0 saturated carbocycles. The van der Waals surface area contributed by atoms with Crippen LogP contribution in [-0.4, -0.2) is 49.3 Å². The highest BCUT2D eigenvalue weighted by molar-refractivity contribution is 7.47. The van der Waals surface area contributed by atoms with Crippen LogP contribution < -0.4 is 5.73 Å². The topological polar surface area (TPSA) is 134 Å². The first-order valence-corrected chi connectivity index (χ1v) is 30.7. The lowest BCUT2D eigenvalue weighted by Crippen LogP contribution is -2.29. The average molecular weight is 1030 g/mol. The number of carbonyl (C=O) groups is 2. The van der Waals surface area contributed by atoms with Crippen molar-refractivity contribution >= 4 is 19.8 Å². The number of unbranched alkanes of at least 4 members (excludes halogenated alkanes) is 25. The number of hydrogen-bond acceptors (Lipinski definition) is 8. The zero-order chi connectivity index (χ0) is 52.4. The summed E-state index contributed by atoms with van der Waals surface area (Å²) in [5.74, 6) is -0.842. The minimum Gasteiger partial charge on any atom is -0.462 e. The molecule has 0 aliphatic rings. The van der Waals surface area contributed by atoms with Gasteiger partial charge in [-0.1, -0.05) is 246 Å². The Morgan fingerprint density at radius 1 is 0.431 bits per heavy atom. The Morgan fingerprint density at radius 3 is 1.14 bits per heavy atom. The van der Waals surface area contributed by atoms with Crippen LogP contribution in [0.25, 0.3) is 0 Å². The van der Waals surface area contributed by atoms with Crippen molar-refractivity contribution in [2.75, 3.05) is 26.4 Å². The van der Waals surface area contributed by atoms with E-state index in [2.05, 4.69) is 111 Å². The fourth-order valence-electron chi connectivity index (χ4n) is 7.89. The largest absolute Gasteiger partial charge is 0.472 e. The summed E-state index contributed by atoms with van der Waals surface area (Å²) in [5.41, 5.74) is 5.37. The molecule has 10 heteroatoms. The van der Waals surface area contributed by atoms with Gasteiger partial charge < -0.3 is 20.1 Å². The van der Waals surface area contributed by atoms with Gasteiger partial charge in [0.05, 0.1) is 13.2 Å². The quantitative estimate of drug-likeness (QED) is 0.0264. The number of allylic oxidation sites excluding steroid dienone is 16. The maximum absolute atomic E-state index is 12.7. The van der Waals surface area contributed by atoms with Crippen LogP contribution in [-0.2, 0) is 32.7 Å². The third kappa shape index (κ3) is 56.2. The number of esters is 2. The lowest BCUT2D eigenvalue weighted by molar-refractivity contribution is -0.161. The molecule has 2 atom stereocenters. The van der Waals surface area contributed by atoms with Gasteiger partial charge >= 0.3 is 19.8 Å². The maximum atomic E-state index is 12.7. The van der Waals surface area contributed by atoms with E-state index in [9.17, 15) is 19.0 Å². The molecule has 72 heavy (non-hydrogen) atoms. The van der Waals surface area contributed by atoms with E-state index < -0.39 is 32.5 Å². The van der Waals surface area contributed by atoms with Gasteiger partial charge in [0, 0.05) is 19.4 Å². The molecule has 0 aliphatic carbocycles. The molecule has 0 aromatic heterocycles. The number of ether oxygens (including phenoxy) is 2. The van der Waals surface area contributed by atoms with Crippen LogP contribution >= 0.6 is 7.82 Å². The predicted molar refractivity (Wildman–Crippen MR) is 307 cm³/mol. The van der Waals surface area contributed by atoms with E-state index in [1.54, 1.807) is 0 Å². The van der Waals surface area contributed by atoms with Crippen LogP contribution in [0.3, 0.4) is 0 Å². The van der Waals surface area contributed by atoms with Crippen molar-refractivity contribution in [3.05, 3.63) is 97.2 Å². The Balaban J connectivity index is 3.86. The van der Waals surface area contributed by atoms with Crippen LogP contribution in [0.5, 0.6) is 0 Å². The van der Waals surface area contributed by atoms with Crippen molar-refractivity contribution in [3.63, 3.8) is 0 Å². The molecular formula is C62H108NO8P. The first kappa shape index (κ1) is 68.9. The molecular weight excluding hydrogens is 918 g/mol. The fraction of sp³-hybridized carbons (Fsp3) is 0.710. The second kappa shape index (κ2) is 57.2. The third-order valence-corrected chi connectivity index (χ3v) is 13.2. The highest BCUT2D eigenvalue weighted by atomic mass is 31.2. The monoisotopic (exact) mass is 1030 g/mol. The third-order valence-electron chi connectivity index (χ3n) is 12.2. The average Bonchev–Trinajstić information content (AvgIpc) is 3.37. The van der Waals surface area contributed by atoms with E-state index in [1.807, 2.05) is 0 Å². The second-order valence-corrected chi connectivity index (χ2v) is 20.6. The van der Waals surface area contributed by atoms with Gasteiger partial charge in [-0.3, -0.25) is 18.6 Å². The van der Waals surface area contributed by atoms with Gasteiger partial charge in [-0.05, 0) is 89.9 Å². The van der Waals surface area contributed by atoms with Crippen molar-refractivity contribution in [1.82, 2.24) is 0 Å². The van der Waals surface area contributed by atoms with Crippen LogP contribution in [0.15, 0.2) is 97.2 Å². The van der Waals surface area contributed by atoms with E-state index in [0.717, 1.165) is 103 Å². The first-order chi connectivity index (χ1) is 35.3. The standard InChI is InChI=1S/C62H108NO8P/c1-3-5-7-9-11-13-15-17-19-20-21-22-23-24-25-26-27-28-29-30-31-32-33-34-35-36-37-38-39-40-41-43-45-47-49-51-53-55-62(65)71-60(59-70-72(66,67)69-57-56-63)58-68-61(64)54-52-50-48-46-44-42-18-16-14-12-10-8-6-4-2/h5,7,10-13,16-19,21-22,24-25,27-28,60H,3-4,6,8-9,14-15,20,23,26,29-59,63H2,1-2H3,(H,66,67)/b7-5-,12-10-,13-11-,18-16-,19-17-,22-21-,25-24-,28-27-. The number of phosphoric acid groups is 1. The van der Waals surface area contributed by atoms with E-state index in [4.69, 9.17) is 24.3 Å². The summed E-state index contributed by atoms with van der Waals surface area (Å²) in [6.45, 7) is 3.58. The summed E-state index contributed by atoms with van der Waals surface area (Å²) in [6.07, 6.45) is 76.2. The Hall–Kier alpha value is -3.07. The lowest BCUT2D eigenvalue weighted by atomic mass is 10.0. The molecule has 0 aromatic carbocycles. The van der Waals surface area contributed by atoms with Crippen molar-refractivity contribution in [2.24, 2.45) is 5.73 Å². The smallest absolute Gasteiger partial charge is 0.462 e. The Morgan fingerprint density at radius 2 is 0.764 bits per heavy atom. The van der Waals surface area contributed by atoms with Crippen LogP contribution in [0.4, 0.5) is 0 Å². The molecule has 2 unspecified atom stereocenters. The van der Waals surface area contributed by atoms with Gasteiger partial charge in [0.15, 0.2) is 6.10 Å². The fourth-order valence-corrected chi connectivity index (χ4v) is 8.66. The number of hydrogen-bond donors (Lipinski definition) is 2. The summed E-state index contributed by atoms with van der Waals surface area (Å²) in [5, 5.41) is 0. The summed E-state index contributed by atoms with van der Waals surface area (Å²) in [7, 11) is -4.39. The van der Waals surface area contributed by atoms with Crippen molar-refractivity contribution in [2.45, 2.75) is 258 Å². The minimum absolute atomic E-state index is 0.0490. The molecule has 0 heterocycles. The highest BCUT2D eigenvalue weighted by Crippen LogP contribution is 2.43. The molecule has 0 aliphatic heterocycles. The molecule has 0 spiro atoms. The molecule has 0 saturated heterocycles. The molecule has 0 aromatic rings. The molecule has 414 valence electrons. The first-order valence-electron chi connectivity index (χ1n) is 29.2. The van der Waals surface area contributed by atoms with E-state index in [1.165, 1.54) is 109 Å². The van der Waals surface area contributed by atoms with E-state index in [-0.39, 0.29) is 32.6 Å². The van der Waals surface area contributed by atoms with E-state index in [0.29, 0.717) is 12.8 Å². The molecule has 0 radical (unpaired) electrons. The summed E-state index contributed by atoms with van der Waals surface area (Å²) in [6, 6.07) is 0. The second-order valence-electron chi connectivity index (χ2n) is 19.1.